The molecule has 0 spiro atoms. The van der Waals surface area contributed by atoms with Crippen LogP contribution in [-0.4, -0.2) is 51.6 Å². The molecule has 1 aromatic rings. The Hall–Kier alpha value is -1.63. The molecule has 0 aliphatic heterocycles. The van der Waals surface area contributed by atoms with Crippen molar-refractivity contribution in [2.75, 3.05) is 39.5 Å². The summed E-state index contributed by atoms with van der Waals surface area (Å²) < 4.78 is 16.7. The van der Waals surface area contributed by atoms with Gasteiger partial charge in [0, 0.05) is 19.7 Å². The summed E-state index contributed by atoms with van der Waals surface area (Å²) in [7, 11) is 0. The highest BCUT2D eigenvalue weighted by atomic mass is 16.5. The summed E-state index contributed by atoms with van der Waals surface area (Å²) >= 11 is 0. The molecule has 0 unspecified atom stereocenters. The van der Waals surface area contributed by atoms with E-state index in [4.69, 9.17) is 14.2 Å². The van der Waals surface area contributed by atoms with Gasteiger partial charge >= 0.3 is 0 Å². The minimum absolute atomic E-state index is 0.246. The molecule has 0 aliphatic carbocycles. The summed E-state index contributed by atoms with van der Waals surface area (Å²) in [6.45, 7) is 13.9. The molecular formula is C22H39N3O3. The maximum absolute atomic E-state index is 5.63. The third kappa shape index (κ3) is 12.7. The van der Waals surface area contributed by atoms with E-state index < -0.39 is 0 Å². The van der Waals surface area contributed by atoms with Crippen molar-refractivity contribution in [2.24, 2.45) is 4.99 Å². The lowest BCUT2D eigenvalue weighted by Gasteiger charge is -2.12. The van der Waals surface area contributed by atoms with Crippen LogP contribution in [0.25, 0.3) is 0 Å². The average molecular weight is 394 g/mol. The van der Waals surface area contributed by atoms with E-state index in [1.807, 2.05) is 13.8 Å². The third-order valence-electron chi connectivity index (χ3n) is 3.92. The zero-order chi connectivity index (χ0) is 20.5. The van der Waals surface area contributed by atoms with E-state index in [1.165, 1.54) is 11.1 Å². The molecule has 0 amide bonds. The van der Waals surface area contributed by atoms with Gasteiger partial charge in [-0.2, -0.15) is 0 Å². The van der Waals surface area contributed by atoms with Gasteiger partial charge in [0.2, 0.25) is 0 Å². The van der Waals surface area contributed by atoms with Gasteiger partial charge in [-0.1, -0.05) is 37.6 Å². The van der Waals surface area contributed by atoms with Gasteiger partial charge in [0.25, 0.3) is 0 Å². The van der Waals surface area contributed by atoms with Crippen LogP contribution in [0.3, 0.4) is 0 Å². The van der Waals surface area contributed by atoms with Crippen LogP contribution in [0.15, 0.2) is 29.3 Å². The van der Waals surface area contributed by atoms with Crippen LogP contribution >= 0.6 is 0 Å². The van der Waals surface area contributed by atoms with Crippen molar-refractivity contribution in [3.05, 3.63) is 35.4 Å². The molecule has 0 radical (unpaired) electrons. The largest absolute Gasteiger partial charge is 0.379 e. The summed E-state index contributed by atoms with van der Waals surface area (Å²) in [6, 6.07) is 8.41. The predicted molar refractivity (Wildman–Crippen MR) is 116 cm³/mol. The minimum Gasteiger partial charge on any atom is -0.379 e. The Kier molecular flexibility index (Phi) is 14.2. The molecule has 0 fully saturated rings. The van der Waals surface area contributed by atoms with Crippen molar-refractivity contribution in [2.45, 2.75) is 59.8 Å². The highest BCUT2D eigenvalue weighted by Crippen LogP contribution is 2.08. The van der Waals surface area contributed by atoms with E-state index in [0.29, 0.717) is 39.5 Å². The fourth-order valence-corrected chi connectivity index (χ4v) is 2.33. The number of rotatable bonds is 15. The quantitative estimate of drug-likeness (QED) is 0.271. The predicted octanol–water partition coefficient (Wildman–Crippen LogP) is 3.50. The van der Waals surface area contributed by atoms with Gasteiger partial charge in [0.15, 0.2) is 5.96 Å². The molecular weight excluding hydrogens is 354 g/mol. The number of nitrogens with one attached hydrogen (secondary N) is 2. The van der Waals surface area contributed by atoms with E-state index in [0.717, 1.165) is 32.0 Å². The van der Waals surface area contributed by atoms with Gasteiger partial charge in [-0.05, 0) is 38.3 Å². The first-order valence-electron chi connectivity index (χ1n) is 10.5. The van der Waals surface area contributed by atoms with E-state index in [2.05, 4.69) is 53.7 Å². The molecule has 2 N–H and O–H groups in total. The third-order valence-corrected chi connectivity index (χ3v) is 3.92. The molecule has 0 saturated carbocycles. The zero-order valence-electron chi connectivity index (χ0n) is 18.1. The number of unbranched alkanes of at least 4 members (excludes halogenated alkanes) is 1. The fraction of sp³-hybridized carbons (Fsp3) is 0.682. The van der Waals surface area contributed by atoms with Crippen LogP contribution in [0.2, 0.25) is 0 Å². The van der Waals surface area contributed by atoms with Gasteiger partial charge in [0.1, 0.15) is 0 Å². The molecule has 1 rings (SSSR count). The molecule has 160 valence electrons. The van der Waals surface area contributed by atoms with Crippen molar-refractivity contribution >= 4 is 5.96 Å². The summed E-state index contributed by atoms with van der Waals surface area (Å²) in [5.41, 5.74) is 2.35. The van der Waals surface area contributed by atoms with Gasteiger partial charge in [-0.3, -0.25) is 0 Å². The highest BCUT2D eigenvalue weighted by Gasteiger charge is 2.00. The number of benzene rings is 1. The standard InChI is InChI=1S/C22H39N3O3/c1-5-7-13-26-15-16-27-14-12-24-22(23-6-2)25-17-20-8-10-21(11-9-20)18-28-19(3)4/h8-11,19H,5-7,12-18H2,1-4H3,(H2,23,24,25). The van der Waals surface area contributed by atoms with Crippen molar-refractivity contribution in [1.29, 1.82) is 0 Å². The number of hydrogen-bond acceptors (Lipinski definition) is 4. The van der Waals surface area contributed by atoms with Crippen LogP contribution in [0.1, 0.15) is 51.7 Å². The van der Waals surface area contributed by atoms with Crippen molar-refractivity contribution in [3.63, 3.8) is 0 Å². The number of hydrogen-bond donors (Lipinski definition) is 2. The first kappa shape index (κ1) is 24.4. The second-order valence-electron chi connectivity index (χ2n) is 6.88. The Morgan fingerprint density at radius 3 is 2.25 bits per heavy atom. The lowest BCUT2D eigenvalue weighted by Crippen LogP contribution is -2.39. The number of ether oxygens (including phenoxy) is 3. The second kappa shape index (κ2) is 16.3. The SMILES string of the molecule is CCCCOCCOCCNC(=NCc1ccc(COC(C)C)cc1)NCC. The molecule has 6 nitrogen and oxygen atoms in total. The lowest BCUT2D eigenvalue weighted by molar-refractivity contribution is 0.0487. The Balaban J connectivity index is 2.27. The van der Waals surface area contributed by atoms with Crippen LogP contribution < -0.4 is 10.6 Å². The Bertz CT molecular complexity index is 518. The average Bonchev–Trinajstić information content (AvgIpc) is 2.70. The molecule has 0 heterocycles. The summed E-state index contributed by atoms with van der Waals surface area (Å²) in [5, 5.41) is 6.56. The molecule has 6 heteroatoms. The maximum Gasteiger partial charge on any atom is 0.191 e. The smallest absolute Gasteiger partial charge is 0.191 e. The zero-order valence-corrected chi connectivity index (χ0v) is 18.1. The van der Waals surface area contributed by atoms with Gasteiger partial charge in [-0.25, -0.2) is 4.99 Å². The Labute approximate surface area is 171 Å². The van der Waals surface area contributed by atoms with Crippen molar-refractivity contribution in [3.8, 4) is 0 Å². The van der Waals surface area contributed by atoms with Gasteiger partial charge in [-0.15, -0.1) is 0 Å². The number of nitrogens with zero attached hydrogens (tertiary/aromatic N) is 1. The molecule has 1 aromatic carbocycles. The normalized spacial score (nSPS) is 11.8. The van der Waals surface area contributed by atoms with Gasteiger partial charge < -0.3 is 24.8 Å². The van der Waals surface area contributed by atoms with Crippen LogP contribution in [0.5, 0.6) is 0 Å². The van der Waals surface area contributed by atoms with E-state index >= 15 is 0 Å². The van der Waals surface area contributed by atoms with Gasteiger partial charge in [0.05, 0.1) is 39.1 Å². The first-order chi connectivity index (χ1) is 13.7. The second-order valence-corrected chi connectivity index (χ2v) is 6.88. The van der Waals surface area contributed by atoms with Crippen molar-refractivity contribution < 1.29 is 14.2 Å². The molecule has 0 atom stereocenters. The van der Waals surface area contributed by atoms with Crippen LogP contribution in [0.4, 0.5) is 0 Å². The first-order valence-corrected chi connectivity index (χ1v) is 10.5. The van der Waals surface area contributed by atoms with E-state index in [9.17, 15) is 0 Å². The van der Waals surface area contributed by atoms with E-state index in [1.54, 1.807) is 0 Å². The maximum atomic E-state index is 5.63. The van der Waals surface area contributed by atoms with E-state index in [-0.39, 0.29) is 6.10 Å². The topological polar surface area (TPSA) is 64.1 Å². The Morgan fingerprint density at radius 2 is 1.61 bits per heavy atom. The molecule has 0 bridgehead atoms. The van der Waals surface area contributed by atoms with Crippen LogP contribution in [-0.2, 0) is 27.4 Å². The van der Waals surface area contributed by atoms with Crippen LogP contribution in [0, 0.1) is 0 Å². The summed E-state index contributed by atoms with van der Waals surface area (Å²) in [4.78, 5) is 4.64. The molecule has 28 heavy (non-hydrogen) atoms. The summed E-state index contributed by atoms with van der Waals surface area (Å²) in [5.74, 6) is 0.803. The number of aliphatic imine (C=N–C) groups is 1. The molecule has 0 saturated heterocycles. The highest BCUT2D eigenvalue weighted by molar-refractivity contribution is 5.79. The monoisotopic (exact) mass is 393 g/mol. The Morgan fingerprint density at radius 1 is 0.929 bits per heavy atom. The lowest BCUT2D eigenvalue weighted by atomic mass is 10.1. The minimum atomic E-state index is 0.246. The molecule has 0 aromatic heterocycles. The summed E-state index contributed by atoms with van der Waals surface area (Å²) in [6.07, 6.45) is 2.52. The molecule has 0 aliphatic rings. The van der Waals surface area contributed by atoms with Crippen molar-refractivity contribution in [1.82, 2.24) is 10.6 Å². The number of guanidine groups is 1. The fourth-order valence-electron chi connectivity index (χ4n) is 2.33.